The Morgan fingerprint density at radius 3 is 2.31 bits per heavy atom. The van der Waals surface area contributed by atoms with Gasteiger partial charge in [0.05, 0.1) is 5.56 Å². The molecule has 0 atom stereocenters. The van der Waals surface area contributed by atoms with Crippen LogP contribution in [0.4, 0.5) is 0 Å². The van der Waals surface area contributed by atoms with E-state index in [4.69, 9.17) is 4.42 Å². The smallest absolute Gasteiger partial charge is 0.336 e. The lowest BCUT2D eigenvalue weighted by Gasteiger charge is -2.11. The number of benzene rings is 4. The zero-order valence-electron chi connectivity index (χ0n) is 13.8. The molecule has 0 fully saturated rings. The minimum absolute atomic E-state index is 0.275. The molecular formula is C23H14O3. The molecule has 0 spiro atoms. The largest absolute Gasteiger partial charge is 0.478 e. The number of carbonyl (C=O) groups is 1. The SMILES string of the molecule is O=C(O)c1ccc2ccccc2c1-c1cccc2c1oc1ccccc12. The van der Waals surface area contributed by atoms with Gasteiger partial charge < -0.3 is 9.52 Å². The first-order valence-corrected chi connectivity index (χ1v) is 8.40. The van der Waals surface area contributed by atoms with E-state index in [9.17, 15) is 9.90 Å². The molecule has 0 unspecified atom stereocenters. The molecule has 0 radical (unpaired) electrons. The molecule has 0 aliphatic rings. The number of carboxylic acids is 1. The molecule has 1 aromatic heterocycles. The van der Waals surface area contributed by atoms with Crippen LogP contribution in [0.1, 0.15) is 10.4 Å². The van der Waals surface area contributed by atoms with Gasteiger partial charge in [0.2, 0.25) is 0 Å². The number of para-hydroxylation sites is 2. The van der Waals surface area contributed by atoms with Gasteiger partial charge in [0.15, 0.2) is 0 Å². The number of aromatic carboxylic acids is 1. The van der Waals surface area contributed by atoms with Gasteiger partial charge in [0, 0.05) is 21.9 Å². The van der Waals surface area contributed by atoms with Crippen molar-refractivity contribution in [2.45, 2.75) is 0 Å². The molecule has 0 saturated heterocycles. The second-order valence-electron chi connectivity index (χ2n) is 6.29. The van der Waals surface area contributed by atoms with Gasteiger partial charge in [-0.15, -0.1) is 0 Å². The summed E-state index contributed by atoms with van der Waals surface area (Å²) in [6, 6.07) is 25.1. The van der Waals surface area contributed by atoms with Crippen LogP contribution in [0, 0.1) is 0 Å². The monoisotopic (exact) mass is 338 g/mol. The third kappa shape index (κ3) is 2.04. The highest BCUT2D eigenvalue weighted by Gasteiger charge is 2.19. The zero-order valence-corrected chi connectivity index (χ0v) is 13.8. The van der Waals surface area contributed by atoms with Crippen LogP contribution in [0.25, 0.3) is 43.8 Å². The maximum Gasteiger partial charge on any atom is 0.336 e. The highest BCUT2D eigenvalue weighted by atomic mass is 16.4. The molecule has 1 N–H and O–H groups in total. The lowest BCUT2D eigenvalue weighted by molar-refractivity contribution is 0.0698. The highest BCUT2D eigenvalue weighted by molar-refractivity contribution is 6.15. The van der Waals surface area contributed by atoms with E-state index in [-0.39, 0.29) is 5.56 Å². The second-order valence-corrected chi connectivity index (χ2v) is 6.29. The molecule has 3 nitrogen and oxygen atoms in total. The standard InChI is InChI=1S/C23H14O3/c24-23(25)19-13-12-14-6-1-2-7-15(14)21(19)18-10-5-9-17-16-8-3-4-11-20(16)26-22(17)18/h1-13H,(H,24,25). The van der Waals surface area contributed by atoms with Crippen LogP contribution in [0.2, 0.25) is 0 Å². The fraction of sp³-hybridized carbons (Fsp3) is 0. The van der Waals surface area contributed by atoms with Crippen molar-refractivity contribution in [1.82, 2.24) is 0 Å². The zero-order chi connectivity index (χ0) is 17.7. The van der Waals surface area contributed by atoms with E-state index in [0.29, 0.717) is 11.1 Å². The Balaban J connectivity index is 1.97. The van der Waals surface area contributed by atoms with Gasteiger partial charge in [-0.05, 0) is 22.9 Å². The average molecular weight is 338 g/mol. The Bertz CT molecular complexity index is 1310. The summed E-state index contributed by atoms with van der Waals surface area (Å²) in [5, 5.41) is 13.7. The maximum atomic E-state index is 11.9. The van der Waals surface area contributed by atoms with E-state index in [0.717, 1.165) is 32.7 Å². The van der Waals surface area contributed by atoms with E-state index < -0.39 is 5.97 Å². The van der Waals surface area contributed by atoms with Crippen molar-refractivity contribution in [2.24, 2.45) is 0 Å². The van der Waals surface area contributed by atoms with Gasteiger partial charge in [0.25, 0.3) is 0 Å². The van der Waals surface area contributed by atoms with E-state index >= 15 is 0 Å². The number of fused-ring (bicyclic) bond motifs is 4. The molecule has 124 valence electrons. The Morgan fingerprint density at radius 1 is 0.731 bits per heavy atom. The van der Waals surface area contributed by atoms with Gasteiger partial charge in [-0.3, -0.25) is 0 Å². The van der Waals surface area contributed by atoms with Crippen molar-refractivity contribution in [2.75, 3.05) is 0 Å². The van der Waals surface area contributed by atoms with E-state index in [1.807, 2.05) is 72.8 Å². The van der Waals surface area contributed by atoms with Gasteiger partial charge in [-0.2, -0.15) is 0 Å². The van der Waals surface area contributed by atoms with E-state index in [2.05, 4.69) is 0 Å². The summed E-state index contributed by atoms with van der Waals surface area (Å²) in [5.41, 5.74) is 3.28. The molecule has 26 heavy (non-hydrogen) atoms. The lowest BCUT2D eigenvalue weighted by atomic mass is 9.92. The molecule has 0 amide bonds. The first-order valence-electron chi connectivity index (χ1n) is 8.40. The number of rotatable bonds is 2. The van der Waals surface area contributed by atoms with Crippen molar-refractivity contribution in [1.29, 1.82) is 0 Å². The quantitative estimate of drug-likeness (QED) is 0.423. The normalized spacial score (nSPS) is 11.4. The van der Waals surface area contributed by atoms with Crippen LogP contribution < -0.4 is 0 Å². The van der Waals surface area contributed by atoms with Gasteiger partial charge in [-0.25, -0.2) is 4.79 Å². The predicted octanol–water partition coefficient (Wildman–Crippen LogP) is 6.10. The molecule has 3 heteroatoms. The number of hydrogen-bond acceptors (Lipinski definition) is 2. The maximum absolute atomic E-state index is 11.9. The van der Waals surface area contributed by atoms with Crippen LogP contribution in [0.3, 0.4) is 0 Å². The molecular weight excluding hydrogens is 324 g/mol. The molecule has 5 aromatic rings. The second kappa shape index (κ2) is 5.46. The first-order chi connectivity index (χ1) is 12.7. The lowest BCUT2D eigenvalue weighted by Crippen LogP contribution is -2.00. The molecule has 0 bridgehead atoms. The molecule has 4 aromatic carbocycles. The van der Waals surface area contributed by atoms with Crippen molar-refractivity contribution < 1.29 is 14.3 Å². The highest BCUT2D eigenvalue weighted by Crippen LogP contribution is 2.40. The molecule has 1 heterocycles. The fourth-order valence-electron chi connectivity index (χ4n) is 3.68. The Morgan fingerprint density at radius 2 is 1.46 bits per heavy atom. The molecule has 0 aliphatic carbocycles. The van der Waals surface area contributed by atoms with Crippen molar-refractivity contribution >= 4 is 38.7 Å². The fourth-order valence-corrected chi connectivity index (χ4v) is 3.68. The van der Waals surface area contributed by atoms with Crippen LogP contribution >= 0.6 is 0 Å². The Labute approximate surface area is 149 Å². The summed E-state index contributed by atoms with van der Waals surface area (Å²) in [6.07, 6.45) is 0. The Kier molecular flexibility index (Phi) is 3.09. The minimum atomic E-state index is -0.945. The summed E-state index contributed by atoms with van der Waals surface area (Å²) >= 11 is 0. The van der Waals surface area contributed by atoms with Crippen LogP contribution in [-0.4, -0.2) is 11.1 Å². The van der Waals surface area contributed by atoms with E-state index in [1.54, 1.807) is 6.07 Å². The minimum Gasteiger partial charge on any atom is -0.478 e. The summed E-state index contributed by atoms with van der Waals surface area (Å²) < 4.78 is 6.13. The molecule has 0 saturated carbocycles. The average Bonchev–Trinajstić information content (AvgIpc) is 3.06. The summed E-state index contributed by atoms with van der Waals surface area (Å²) in [6.45, 7) is 0. The van der Waals surface area contributed by atoms with Crippen molar-refractivity contribution in [3.63, 3.8) is 0 Å². The Hall–Kier alpha value is -3.59. The van der Waals surface area contributed by atoms with E-state index in [1.165, 1.54) is 0 Å². The van der Waals surface area contributed by atoms with Crippen LogP contribution in [0.5, 0.6) is 0 Å². The van der Waals surface area contributed by atoms with Crippen molar-refractivity contribution in [3.8, 4) is 11.1 Å². The predicted molar refractivity (Wildman–Crippen MR) is 104 cm³/mol. The molecule has 0 aliphatic heterocycles. The van der Waals surface area contributed by atoms with Crippen molar-refractivity contribution in [3.05, 3.63) is 84.4 Å². The number of hydrogen-bond donors (Lipinski definition) is 1. The summed E-state index contributed by atoms with van der Waals surface area (Å²) in [5.74, 6) is -0.945. The third-order valence-corrected chi connectivity index (χ3v) is 4.83. The topological polar surface area (TPSA) is 50.4 Å². The third-order valence-electron chi connectivity index (χ3n) is 4.83. The number of carboxylic acid groups (broad SMARTS) is 1. The summed E-state index contributed by atoms with van der Waals surface area (Å²) in [4.78, 5) is 11.9. The van der Waals surface area contributed by atoms with Gasteiger partial charge in [0.1, 0.15) is 11.2 Å². The number of furan rings is 1. The van der Waals surface area contributed by atoms with Crippen LogP contribution in [0.15, 0.2) is 83.3 Å². The first kappa shape index (κ1) is 14.7. The summed E-state index contributed by atoms with van der Waals surface area (Å²) in [7, 11) is 0. The van der Waals surface area contributed by atoms with Crippen LogP contribution in [-0.2, 0) is 0 Å². The van der Waals surface area contributed by atoms with Gasteiger partial charge >= 0.3 is 5.97 Å². The molecule has 5 rings (SSSR count). The van der Waals surface area contributed by atoms with Gasteiger partial charge in [-0.1, -0.05) is 66.7 Å².